The summed E-state index contributed by atoms with van der Waals surface area (Å²) < 4.78 is 7.57. The van der Waals surface area contributed by atoms with Crippen LogP contribution in [0.4, 0.5) is 0 Å². The molecule has 1 atom stereocenters. The maximum Gasteiger partial charge on any atom is 0.341 e. The number of ketones is 1. The molecule has 7 heteroatoms. The van der Waals surface area contributed by atoms with Crippen LogP contribution >= 0.6 is 0 Å². The number of nitrogens with two attached hydrogens (primary N) is 1. The number of rotatable bonds is 9. The van der Waals surface area contributed by atoms with Crippen molar-refractivity contribution in [1.29, 1.82) is 0 Å². The number of fused-ring (bicyclic) bond motifs is 1. The second kappa shape index (κ2) is 9.70. The van der Waals surface area contributed by atoms with Crippen LogP contribution in [0, 0.1) is 0 Å². The fourth-order valence-corrected chi connectivity index (χ4v) is 4.53. The van der Waals surface area contributed by atoms with Gasteiger partial charge in [-0.25, -0.2) is 9.37 Å². The van der Waals surface area contributed by atoms with Crippen LogP contribution in [-0.2, 0) is 25.7 Å². The fraction of sp³-hybridized carbons (Fsp3) is 0.185. The summed E-state index contributed by atoms with van der Waals surface area (Å²) in [6.07, 6.45) is 5.76. The highest BCUT2D eigenvalue weighted by Crippen LogP contribution is 2.35. The molecule has 0 bridgehead atoms. The van der Waals surface area contributed by atoms with Crippen LogP contribution in [0.3, 0.4) is 0 Å². The van der Waals surface area contributed by atoms with E-state index >= 15 is 0 Å². The largest absolute Gasteiger partial charge is 0.481 e. The number of carboxylic acids is 1. The van der Waals surface area contributed by atoms with Crippen molar-refractivity contribution in [1.82, 2.24) is 0 Å². The molecule has 2 aromatic rings. The van der Waals surface area contributed by atoms with E-state index in [9.17, 15) is 14.4 Å². The molecule has 7 nitrogen and oxygen atoms in total. The van der Waals surface area contributed by atoms with Crippen molar-refractivity contribution < 1.29 is 28.8 Å². The Labute approximate surface area is 197 Å². The van der Waals surface area contributed by atoms with Gasteiger partial charge in [0.1, 0.15) is 11.3 Å². The first-order valence-corrected chi connectivity index (χ1v) is 11.0. The average Bonchev–Trinajstić information content (AvgIpc) is 3.16. The van der Waals surface area contributed by atoms with Crippen molar-refractivity contribution in [2.45, 2.75) is 25.9 Å². The van der Waals surface area contributed by atoms with Gasteiger partial charge in [-0.15, -0.1) is 0 Å². The normalized spacial score (nSPS) is 16.9. The van der Waals surface area contributed by atoms with Crippen molar-refractivity contribution in [2.24, 2.45) is 5.73 Å². The average molecular weight is 458 g/mol. The predicted octanol–water partition coefficient (Wildman–Crippen LogP) is 3.01. The Balaban J connectivity index is 1.81. The van der Waals surface area contributed by atoms with Gasteiger partial charge in [-0.2, -0.15) is 0 Å². The van der Waals surface area contributed by atoms with E-state index in [0.29, 0.717) is 24.3 Å². The lowest BCUT2D eigenvalue weighted by Gasteiger charge is -2.18. The minimum absolute atomic E-state index is 0.193. The number of carbonyl (C=O) groups excluding carboxylic acids is 2. The number of nitrogens with zero attached hydrogens (tertiary/aromatic N) is 1. The van der Waals surface area contributed by atoms with Crippen molar-refractivity contribution in [3.05, 3.63) is 95.3 Å². The molecule has 2 aliphatic rings. The third-order valence-corrected chi connectivity index (χ3v) is 5.92. The summed E-state index contributed by atoms with van der Waals surface area (Å²) >= 11 is 0. The molecule has 1 aliphatic heterocycles. The number of ether oxygens (including phenoxy) is 1. The monoisotopic (exact) mass is 457 g/mol. The number of primary amides is 1. The molecule has 1 unspecified atom stereocenters. The number of Topliss-reactive ketones (excluding diaryl/α,β-unsaturated/α-hetero) is 1. The summed E-state index contributed by atoms with van der Waals surface area (Å²) in [5.41, 5.74) is 9.91. The molecule has 1 aliphatic carbocycles. The standard InChI is InChI=1S/C27H24N2O5/c1-2-20-25(26(32)27(28)33)24-21(13-8-14-22(24)34-16-23(30)31)29(20)15-18-11-6-7-12-19(18)17-9-4-3-5-10-17/h3-14,21H,2,15-16H2,1H3,(H2-,28,30,31,33)/p+1. The van der Waals surface area contributed by atoms with E-state index in [1.54, 1.807) is 12.2 Å². The van der Waals surface area contributed by atoms with Crippen LogP contribution in [0.15, 0.2) is 89.7 Å². The van der Waals surface area contributed by atoms with Gasteiger partial charge in [0.15, 0.2) is 18.9 Å². The lowest BCUT2D eigenvalue weighted by atomic mass is 9.92. The molecular weight excluding hydrogens is 432 g/mol. The first-order chi connectivity index (χ1) is 16.4. The Bertz CT molecular complexity index is 1290. The highest BCUT2D eigenvalue weighted by Gasteiger charge is 2.46. The lowest BCUT2D eigenvalue weighted by molar-refractivity contribution is -0.558. The highest BCUT2D eigenvalue weighted by molar-refractivity contribution is 6.49. The molecule has 0 saturated carbocycles. The van der Waals surface area contributed by atoms with E-state index in [1.165, 1.54) is 0 Å². The molecule has 0 fully saturated rings. The summed E-state index contributed by atoms with van der Waals surface area (Å²) in [4.78, 5) is 36.0. The number of aliphatic carboxylic acids is 1. The van der Waals surface area contributed by atoms with E-state index in [2.05, 4.69) is 4.58 Å². The second-order valence-corrected chi connectivity index (χ2v) is 7.98. The van der Waals surface area contributed by atoms with Crippen LogP contribution in [0.25, 0.3) is 11.1 Å². The smallest absolute Gasteiger partial charge is 0.341 e. The molecule has 2 aromatic carbocycles. The summed E-state index contributed by atoms with van der Waals surface area (Å²) in [6.45, 7) is 1.81. The van der Waals surface area contributed by atoms with Crippen LogP contribution in [-0.4, -0.2) is 45.7 Å². The van der Waals surface area contributed by atoms with E-state index < -0.39 is 30.3 Å². The molecule has 4 rings (SSSR count). The molecule has 0 aromatic heterocycles. The summed E-state index contributed by atoms with van der Waals surface area (Å²) in [5.74, 6) is -2.76. The van der Waals surface area contributed by atoms with Crippen LogP contribution in [0.2, 0.25) is 0 Å². The number of hydrogen-bond donors (Lipinski definition) is 2. The molecule has 1 amide bonds. The Morgan fingerprint density at radius 1 is 1.06 bits per heavy atom. The number of benzene rings is 2. The van der Waals surface area contributed by atoms with Gasteiger partial charge in [0, 0.05) is 12.0 Å². The Kier molecular flexibility index (Phi) is 6.54. The van der Waals surface area contributed by atoms with Crippen molar-refractivity contribution in [3.63, 3.8) is 0 Å². The van der Waals surface area contributed by atoms with Crippen LogP contribution in [0.5, 0.6) is 0 Å². The third kappa shape index (κ3) is 4.32. The Hall–Kier alpha value is -4.26. The van der Waals surface area contributed by atoms with Gasteiger partial charge in [-0.1, -0.05) is 67.6 Å². The molecular formula is C27H25N2O5+. The zero-order valence-corrected chi connectivity index (χ0v) is 18.7. The minimum Gasteiger partial charge on any atom is -0.481 e. The summed E-state index contributed by atoms with van der Waals surface area (Å²) in [5, 5.41) is 9.09. The quantitative estimate of drug-likeness (QED) is 0.444. The number of carboxylic acid groups (broad SMARTS) is 1. The van der Waals surface area contributed by atoms with E-state index in [-0.39, 0.29) is 11.3 Å². The lowest BCUT2D eigenvalue weighted by Crippen LogP contribution is -2.29. The van der Waals surface area contributed by atoms with Crippen LogP contribution < -0.4 is 5.73 Å². The van der Waals surface area contributed by atoms with Gasteiger partial charge in [0.05, 0.1) is 5.57 Å². The van der Waals surface area contributed by atoms with Gasteiger partial charge in [-0.05, 0) is 23.3 Å². The first kappa shape index (κ1) is 22.9. The van der Waals surface area contributed by atoms with Crippen molar-refractivity contribution in [2.75, 3.05) is 6.61 Å². The summed E-state index contributed by atoms with van der Waals surface area (Å²) in [6, 6.07) is 17.6. The zero-order chi connectivity index (χ0) is 24.2. The van der Waals surface area contributed by atoms with E-state index in [1.807, 2.05) is 67.6 Å². The number of carbonyl (C=O) groups is 3. The summed E-state index contributed by atoms with van der Waals surface area (Å²) in [7, 11) is 0. The fourth-order valence-electron chi connectivity index (χ4n) is 4.53. The number of allylic oxidation sites excluding steroid dienone is 2. The molecule has 1 heterocycles. The van der Waals surface area contributed by atoms with Crippen LogP contribution in [0.1, 0.15) is 18.9 Å². The maximum absolute atomic E-state index is 12.9. The van der Waals surface area contributed by atoms with Gasteiger partial charge in [-0.3, -0.25) is 9.59 Å². The number of amides is 1. The molecule has 0 saturated heterocycles. The number of hydrogen-bond acceptors (Lipinski definition) is 4. The molecule has 3 N–H and O–H groups in total. The topological polar surface area (TPSA) is 110 Å². The SMILES string of the molecule is CCC1=[N+](Cc2ccccc2-c2ccccc2)C2C=CC=C(OCC(=O)O)C2=C1C(=O)C(N)=O. The molecule has 0 spiro atoms. The predicted molar refractivity (Wildman–Crippen MR) is 127 cm³/mol. The first-order valence-electron chi connectivity index (χ1n) is 11.0. The second-order valence-electron chi connectivity index (χ2n) is 7.98. The third-order valence-electron chi connectivity index (χ3n) is 5.92. The zero-order valence-electron chi connectivity index (χ0n) is 18.7. The van der Waals surface area contributed by atoms with Crippen molar-refractivity contribution >= 4 is 23.4 Å². The van der Waals surface area contributed by atoms with Gasteiger partial charge >= 0.3 is 5.97 Å². The maximum atomic E-state index is 12.9. The van der Waals surface area contributed by atoms with Gasteiger partial charge < -0.3 is 15.6 Å². The highest BCUT2D eigenvalue weighted by atomic mass is 16.5. The van der Waals surface area contributed by atoms with Gasteiger partial charge in [0.2, 0.25) is 6.04 Å². The Morgan fingerprint density at radius 2 is 1.76 bits per heavy atom. The molecule has 34 heavy (non-hydrogen) atoms. The van der Waals surface area contributed by atoms with Crippen molar-refractivity contribution in [3.8, 4) is 11.1 Å². The van der Waals surface area contributed by atoms with E-state index in [0.717, 1.165) is 16.7 Å². The van der Waals surface area contributed by atoms with E-state index in [4.69, 9.17) is 15.6 Å². The molecule has 0 radical (unpaired) electrons. The van der Waals surface area contributed by atoms with Gasteiger partial charge in [0.25, 0.3) is 11.7 Å². The molecule has 172 valence electrons. The Morgan fingerprint density at radius 3 is 2.44 bits per heavy atom. The minimum atomic E-state index is -1.14.